The number of benzene rings is 2. The van der Waals surface area contributed by atoms with Crippen molar-refractivity contribution >= 4 is 17.6 Å². The van der Waals surface area contributed by atoms with Crippen molar-refractivity contribution in [2.45, 2.75) is 27.2 Å². The molecular formula is C21H23NO4. The topological polar surface area (TPSA) is 55.8 Å². The predicted octanol–water partition coefficient (Wildman–Crippen LogP) is 3.66. The molecule has 1 fully saturated rings. The van der Waals surface area contributed by atoms with Gasteiger partial charge in [-0.3, -0.25) is 9.59 Å². The number of carbonyl (C=O) groups excluding carboxylic acids is 2. The van der Waals surface area contributed by atoms with Gasteiger partial charge in [-0.1, -0.05) is 18.2 Å². The normalized spacial score (nSPS) is 16.7. The molecule has 136 valence electrons. The van der Waals surface area contributed by atoms with Crippen molar-refractivity contribution < 1.29 is 19.1 Å². The first-order valence-corrected chi connectivity index (χ1v) is 8.80. The number of carbonyl (C=O) groups is 2. The molecular weight excluding hydrogens is 330 g/mol. The van der Waals surface area contributed by atoms with Crippen LogP contribution in [0.2, 0.25) is 0 Å². The largest absolute Gasteiger partial charge is 0.492 e. The fourth-order valence-electron chi connectivity index (χ4n) is 3.03. The number of hydrogen-bond donors (Lipinski definition) is 0. The SMILES string of the molecule is CCOc1ccccc1N1C[C@@H](C(=O)Oc2ccc(C)c(C)c2)CC1=O. The Morgan fingerprint density at radius 3 is 2.65 bits per heavy atom. The van der Waals surface area contributed by atoms with Gasteiger partial charge in [0, 0.05) is 13.0 Å². The molecule has 0 bridgehead atoms. The van der Waals surface area contributed by atoms with Gasteiger partial charge in [-0.2, -0.15) is 0 Å². The molecule has 1 heterocycles. The summed E-state index contributed by atoms with van der Waals surface area (Å²) in [6.45, 7) is 6.68. The van der Waals surface area contributed by atoms with Crippen LogP contribution in [0.1, 0.15) is 24.5 Å². The molecule has 1 aliphatic heterocycles. The quantitative estimate of drug-likeness (QED) is 0.608. The average molecular weight is 353 g/mol. The zero-order valence-corrected chi connectivity index (χ0v) is 15.3. The van der Waals surface area contributed by atoms with E-state index < -0.39 is 5.92 Å². The van der Waals surface area contributed by atoms with Gasteiger partial charge in [0.05, 0.1) is 18.2 Å². The molecule has 1 aliphatic rings. The van der Waals surface area contributed by atoms with E-state index in [1.807, 2.05) is 57.2 Å². The van der Waals surface area contributed by atoms with E-state index in [9.17, 15) is 9.59 Å². The predicted molar refractivity (Wildman–Crippen MR) is 99.6 cm³/mol. The summed E-state index contributed by atoms with van der Waals surface area (Å²) in [7, 11) is 0. The third kappa shape index (κ3) is 3.72. The Kier molecular flexibility index (Phi) is 5.26. The minimum absolute atomic E-state index is 0.0980. The minimum Gasteiger partial charge on any atom is -0.492 e. The van der Waals surface area contributed by atoms with E-state index in [1.165, 1.54) is 0 Å². The lowest BCUT2D eigenvalue weighted by atomic mass is 10.1. The van der Waals surface area contributed by atoms with Crippen molar-refractivity contribution in [2.75, 3.05) is 18.1 Å². The summed E-state index contributed by atoms with van der Waals surface area (Å²) in [5, 5.41) is 0. The Bertz CT molecular complexity index is 831. The number of amides is 1. The maximum Gasteiger partial charge on any atom is 0.316 e. The van der Waals surface area contributed by atoms with Gasteiger partial charge in [0.2, 0.25) is 5.91 Å². The number of para-hydroxylation sites is 2. The maximum absolute atomic E-state index is 12.5. The molecule has 0 aromatic heterocycles. The van der Waals surface area contributed by atoms with Crippen molar-refractivity contribution in [1.82, 2.24) is 0 Å². The molecule has 0 N–H and O–H groups in total. The summed E-state index contributed by atoms with van der Waals surface area (Å²) in [6.07, 6.45) is 0.143. The van der Waals surface area contributed by atoms with Crippen LogP contribution in [-0.2, 0) is 9.59 Å². The van der Waals surface area contributed by atoms with Crippen LogP contribution < -0.4 is 14.4 Å². The summed E-state index contributed by atoms with van der Waals surface area (Å²) in [6, 6.07) is 12.9. The highest BCUT2D eigenvalue weighted by Gasteiger charge is 2.37. The summed E-state index contributed by atoms with van der Waals surface area (Å²) in [5.74, 6) is 0.196. The van der Waals surface area contributed by atoms with Gasteiger partial charge in [0.25, 0.3) is 0 Å². The molecule has 2 aromatic carbocycles. The van der Waals surface area contributed by atoms with Gasteiger partial charge in [-0.15, -0.1) is 0 Å². The number of ether oxygens (including phenoxy) is 2. The summed E-state index contributed by atoms with van der Waals surface area (Å²) in [5.41, 5.74) is 2.89. The Balaban J connectivity index is 1.73. The first kappa shape index (κ1) is 18.0. The molecule has 0 aliphatic carbocycles. The van der Waals surface area contributed by atoms with Gasteiger partial charge < -0.3 is 14.4 Å². The van der Waals surface area contributed by atoms with E-state index in [4.69, 9.17) is 9.47 Å². The van der Waals surface area contributed by atoms with Gasteiger partial charge in [-0.05, 0) is 56.2 Å². The zero-order chi connectivity index (χ0) is 18.7. The number of esters is 1. The molecule has 5 nitrogen and oxygen atoms in total. The third-order valence-corrected chi connectivity index (χ3v) is 4.61. The Morgan fingerprint density at radius 1 is 1.15 bits per heavy atom. The smallest absolute Gasteiger partial charge is 0.316 e. The van der Waals surface area contributed by atoms with Gasteiger partial charge in [0.1, 0.15) is 11.5 Å². The van der Waals surface area contributed by atoms with Crippen LogP contribution in [0.15, 0.2) is 42.5 Å². The molecule has 0 spiro atoms. The molecule has 3 rings (SSSR count). The second-order valence-electron chi connectivity index (χ2n) is 6.47. The third-order valence-electron chi connectivity index (χ3n) is 4.61. The van der Waals surface area contributed by atoms with E-state index in [0.29, 0.717) is 30.3 Å². The molecule has 26 heavy (non-hydrogen) atoms. The lowest BCUT2D eigenvalue weighted by molar-refractivity contribution is -0.139. The van der Waals surface area contributed by atoms with Crippen LogP contribution in [-0.4, -0.2) is 25.0 Å². The van der Waals surface area contributed by atoms with Crippen LogP contribution in [0, 0.1) is 19.8 Å². The second kappa shape index (κ2) is 7.60. The Morgan fingerprint density at radius 2 is 1.92 bits per heavy atom. The Labute approximate surface area is 153 Å². The van der Waals surface area contributed by atoms with E-state index >= 15 is 0 Å². The molecule has 2 aromatic rings. The van der Waals surface area contributed by atoms with Crippen LogP contribution >= 0.6 is 0 Å². The first-order chi connectivity index (χ1) is 12.5. The van der Waals surface area contributed by atoms with E-state index in [0.717, 1.165) is 11.1 Å². The van der Waals surface area contributed by atoms with Gasteiger partial charge in [-0.25, -0.2) is 0 Å². The summed E-state index contributed by atoms with van der Waals surface area (Å²) < 4.78 is 11.1. The van der Waals surface area contributed by atoms with Crippen LogP contribution in [0.4, 0.5) is 5.69 Å². The van der Waals surface area contributed by atoms with Crippen molar-refractivity contribution in [1.29, 1.82) is 0 Å². The van der Waals surface area contributed by atoms with Crippen molar-refractivity contribution in [3.8, 4) is 11.5 Å². The highest BCUT2D eigenvalue weighted by Crippen LogP contribution is 2.33. The zero-order valence-electron chi connectivity index (χ0n) is 15.3. The fourth-order valence-corrected chi connectivity index (χ4v) is 3.03. The molecule has 5 heteroatoms. The van der Waals surface area contributed by atoms with Gasteiger partial charge in [0.15, 0.2) is 0 Å². The number of anilines is 1. The van der Waals surface area contributed by atoms with Crippen LogP contribution in [0.5, 0.6) is 11.5 Å². The summed E-state index contributed by atoms with van der Waals surface area (Å²) in [4.78, 5) is 26.6. The monoisotopic (exact) mass is 353 g/mol. The fraction of sp³-hybridized carbons (Fsp3) is 0.333. The van der Waals surface area contributed by atoms with Gasteiger partial charge >= 0.3 is 5.97 Å². The van der Waals surface area contributed by atoms with E-state index in [2.05, 4.69) is 0 Å². The maximum atomic E-state index is 12.5. The number of rotatable bonds is 5. The molecule has 1 atom stereocenters. The number of nitrogens with zero attached hydrogens (tertiary/aromatic N) is 1. The molecule has 1 amide bonds. The van der Waals surface area contributed by atoms with Crippen LogP contribution in [0.25, 0.3) is 0 Å². The Hall–Kier alpha value is -2.82. The standard InChI is InChI=1S/C21H23NO4/c1-4-25-19-8-6-5-7-18(19)22-13-16(12-20(22)23)21(24)26-17-10-9-14(2)15(3)11-17/h5-11,16H,4,12-13H2,1-3H3/t16-/m0/s1. The van der Waals surface area contributed by atoms with Crippen molar-refractivity contribution in [2.24, 2.45) is 5.92 Å². The van der Waals surface area contributed by atoms with Crippen molar-refractivity contribution in [3.63, 3.8) is 0 Å². The molecule has 0 saturated carbocycles. The first-order valence-electron chi connectivity index (χ1n) is 8.80. The van der Waals surface area contributed by atoms with Crippen LogP contribution in [0.3, 0.4) is 0 Å². The number of aryl methyl sites for hydroxylation is 2. The van der Waals surface area contributed by atoms with E-state index in [-0.39, 0.29) is 18.3 Å². The highest BCUT2D eigenvalue weighted by molar-refractivity contribution is 6.00. The lowest BCUT2D eigenvalue weighted by Gasteiger charge is -2.20. The van der Waals surface area contributed by atoms with Crippen molar-refractivity contribution in [3.05, 3.63) is 53.6 Å². The second-order valence-corrected chi connectivity index (χ2v) is 6.47. The average Bonchev–Trinajstić information content (AvgIpc) is 3.01. The lowest BCUT2D eigenvalue weighted by Crippen LogP contribution is -2.27. The van der Waals surface area contributed by atoms with E-state index in [1.54, 1.807) is 11.0 Å². The molecule has 0 unspecified atom stereocenters. The minimum atomic E-state index is -0.487. The number of hydrogen-bond acceptors (Lipinski definition) is 4. The molecule has 0 radical (unpaired) electrons. The molecule has 1 saturated heterocycles. The summed E-state index contributed by atoms with van der Waals surface area (Å²) >= 11 is 0. The highest BCUT2D eigenvalue weighted by atomic mass is 16.5.